The zero-order valence-electron chi connectivity index (χ0n) is 10.7. The molecule has 0 spiro atoms. The Morgan fingerprint density at radius 3 is 2.24 bits per heavy atom. The molecule has 1 heteroatoms. The van der Waals surface area contributed by atoms with E-state index in [0.717, 1.165) is 18.4 Å². The standard InChI is InChI=1S/C16H18O/c1-4-12-10-16(11(3)17)13(5-2)15-9-7-6-8-14(12)15/h6-10H,4-5H2,1-3H3. The smallest absolute Gasteiger partial charge is 0.160 e. The monoisotopic (exact) mass is 226 g/mol. The maximum Gasteiger partial charge on any atom is 0.160 e. The topological polar surface area (TPSA) is 17.1 Å². The zero-order chi connectivity index (χ0) is 12.4. The molecule has 2 aromatic rings. The average molecular weight is 226 g/mol. The molecule has 0 aliphatic rings. The Kier molecular flexibility index (Phi) is 3.28. The van der Waals surface area contributed by atoms with Crippen molar-refractivity contribution in [2.45, 2.75) is 33.6 Å². The van der Waals surface area contributed by atoms with E-state index >= 15 is 0 Å². The molecule has 0 unspecified atom stereocenters. The molecule has 0 aromatic heterocycles. The fraction of sp³-hybridized carbons (Fsp3) is 0.312. The number of carbonyl (C=O) groups excluding carboxylic acids is 1. The Morgan fingerprint density at radius 2 is 1.71 bits per heavy atom. The van der Waals surface area contributed by atoms with Gasteiger partial charge < -0.3 is 0 Å². The number of ketones is 1. The number of Topliss-reactive ketones (excluding diaryl/α,β-unsaturated/α-hetero) is 1. The lowest BCUT2D eigenvalue weighted by Gasteiger charge is -2.13. The molecule has 17 heavy (non-hydrogen) atoms. The van der Waals surface area contributed by atoms with Crippen LogP contribution in [-0.2, 0) is 12.8 Å². The van der Waals surface area contributed by atoms with Gasteiger partial charge in [-0.3, -0.25) is 4.79 Å². The lowest BCUT2D eigenvalue weighted by atomic mass is 9.91. The minimum absolute atomic E-state index is 0.169. The Labute approximate surface area is 102 Å². The van der Waals surface area contributed by atoms with Crippen molar-refractivity contribution < 1.29 is 4.79 Å². The largest absolute Gasteiger partial charge is 0.295 e. The van der Waals surface area contributed by atoms with Gasteiger partial charge in [0.25, 0.3) is 0 Å². The van der Waals surface area contributed by atoms with E-state index in [-0.39, 0.29) is 5.78 Å². The summed E-state index contributed by atoms with van der Waals surface area (Å²) in [5.41, 5.74) is 3.34. The summed E-state index contributed by atoms with van der Waals surface area (Å²) in [5, 5.41) is 2.52. The summed E-state index contributed by atoms with van der Waals surface area (Å²) in [7, 11) is 0. The third-order valence-electron chi connectivity index (χ3n) is 3.36. The van der Waals surface area contributed by atoms with Crippen molar-refractivity contribution in [2.75, 3.05) is 0 Å². The quantitative estimate of drug-likeness (QED) is 0.718. The molecule has 0 fully saturated rings. The molecule has 0 saturated heterocycles. The predicted molar refractivity (Wildman–Crippen MR) is 72.7 cm³/mol. The van der Waals surface area contributed by atoms with E-state index < -0.39 is 0 Å². The van der Waals surface area contributed by atoms with Gasteiger partial charge in [-0.15, -0.1) is 0 Å². The molecular formula is C16H18O. The van der Waals surface area contributed by atoms with Crippen molar-refractivity contribution in [1.82, 2.24) is 0 Å². The minimum atomic E-state index is 0.169. The maximum atomic E-state index is 11.7. The van der Waals surface area contributed by atoms with Crippen LogP contribution in [0.15, 0.2) is 30.3 Å². The summed E-state index contributed by atoms with van der Waals surface area (Å²) in [6.07, 6.45) is 1.87. The SMILES string of the molecule is CCc1cc(C(C)=O)c(CC)c2ccccc12. The number of hydrogen-bond donors (Lipinski definition) is 0. The van der Waals surface area contributed by atoms with Crippen molar-refractivity contribution in [3.8, 4) is 0 Å². The third kappa shape index (κ3) is 1.97. The number of hydrogen-bond acceptors (Lipinski definition) is 1. The highest BCUT2D eigenvalue weighted by molar-refractivity contribution is 6.02. The highest BCUT2D eigenvalue weighted by Crippen LogP contribution is 2.27. The Balaban J connectivity index is 2.89. The number of rotatable bonds is 3. The zero-order valence-corrected chi connectivity index (χ0v) is 10.7. The van der Waals surface area contributed by atoms with E-state index in [1.165, 1.54) is 21.9 Å². The summed E-state index contributed by atoms with van der Waals surface area (Å²) < 4.78 is 0. The number of aryl methyl sites for hydroxylation is 2. The fourth-order valence-corrected chi connectivity index (χ4v) is 2.50. The van der Waals surface area contributed by atoms with Gasteiger partial charge in [-0.25, -0.2) is 0 Å². The van der Waals surface area contributed by atoms with E-state index in [4.69, 9.17) is 0 Å². The molecule has 0 aliphatic heterocycles. The predicted octanol–water partition coefficient (Wildman–Crippen LogP) is 4.17. The highest BCUT2D eigenvalue weighted by atomic mass is 16.1. The molecule has 0 saturated carbocycles. The molecule has 0 N–H and O–H groups in total. The van der Waals surface area contributed by atoms with Crippen LogP contribution in [0.5, 0.6) is 0 Å². The molecule has 0 bridgehead atoms. The van der Waals surface area contributed by atoms with Crippen molar-refractivity contribution in [2.24, 2.45) is 0 Å². The summed E-state index contributed by atoms with van der Waals surface area (Å²) in [6.45, 7) is 5.90. The highest BCUT2D eigenvalue weighted by Gasteiger charge is 2.12. The Hall–Kier alpha value is -1.63. The van der Waals surface area contributed by atoms with Crippen molar-refractivity contribution in [1.29, 1.82) is 0 Å². The lowest BCUT2D eigenvalue weighted by Crippen LogP contribution is -2.02. The molecule has 2 rings (SSSR count). The molecule has 0 heterocycles. The van der Waals surface area contributed by atoms with Crippen LogP contribution in [0.1, 0.15) is 42.3 Å². The first-order valence-corrected chi connectivity index (χ1v) is 6.23. The van der Waals surface area contributed by atoms with E-state index in [0.29, 0.717) is 0 Å². The van der Waals surface area contributed by atoms with Gasteiger partial charge in [0.15, 0.2) is 5.78 Å². The Morgan fingerprint density at radius 1 is 1.06 bits per heavy atom. The van der Waals surface area contributed by atoms with Crippen LogP contribution in [0, 0.1) is 0 Å². The van der Waals surface area contributed by atoms with Crippen molar-refractivity contribution >= 4 is 16.6 Å². The van der Waals surface area contributed by atoms with Crippen molar-refractivity contribution in [3.05, 3.63) is 47.0 Å². The summed E-state index contributed by atoms with van der Waals surface area (Å²) in [4.78, 5) is 11.7. The van der Waals surface area contributed by atoms with Crippen LogP contribution in [-0.4, -0.2) is 5.78 Å². The first-order chi connectivity index (χ1) is 8.19. The van der Waals surface area contributed by atoms with Gasteiger partial charge >= 0.3 is 0 Å². The number of benzene rings is 2. The molecule has 0 amide bonds. The molecule has 0 aliphatic carbocycles. The van der Waals surface area contributed by atoms with Gasteiger partial charge in [0, 0.05) is 5.56 Å². The van der Waals surface area contributed by atoms with E-state index in [1.54, 1.807) is 6.92 Å². The van der Waals surface area contributed by atoms with Gasteiger partial charge in [0.05, 0.1) is 0 Å². The summed E-state index contributed by atoms with van der Waals surface area (Å²) in [5.74, 6) is 0.169. The minimum Gasteiger partial charge on any atom is -0.295 e. The van der Waals surface area contributed by atoms with Crippen LogP contribution >= 0.6 is 0 Å². The first-order valence-electron chi connectivity index (χ1n) is 6.23. The van der Waals surface area contributed by atoms with Crippen LogP contribution in [0.3, 0.4) is 0 Å². The second kappa shape index (κ2) is 4.70. The van der Waals surface area contributed by atoms with Gasteiger partial charge in [0.1, 0.15) is 0 Å². The fourth-order valence-electron chi connectivity index (χ4n) is 2.50. The van der Waals surface area contributed by atoms with Crippen LogP contribution < -0.4 is 0 Å². The third-order valence-corrected chi connectivity index (χ3v) is 3.36. The molecule has 2 aromatic carbocycles. The molecule has 1 nitrogen and oxygen atoms in total. The Bertz CT molecular complexity index is 567. The van der Waals surface area contributed by atoms with Gasteiger partial charge in [-0.1, -0.05) is 38.1 Å². The van der Waals surface area contributed by atoms with Crippen molar-refractivity contribution in [3.63, 3.8) is 0 Å². The second-order valence-electron chi connectivity index (χ2n) is 4.37. The molecule has 88 valence electrons. The summed E-state index contributed by atoms with van der Waals surface area (Å²) >= 11 is 0. The number of carbonyl (C=O) groups is 1. The number of fused-ring (bicyclic) bond motifs is 1. The van der Waals surface area contributed by atoms with Gasteiger partial charge in [0.2, 0.25) is 0 Å². The van der Waals surface area contributed by atoms with E-state index in [9.17, 15) is 4.79 Å². The second-order valence-corrected chi connectivity index (χ2v) is 4.37. The van der Waals surface area contributed by atoms with E-state index in [1.807, 2.05) is 6.07 Å². The van der Waals surface area contributed by atoms with Gasteiger partial charge in [-0.2, -0.15) is 0 Å². The molecule has 0 atom stereocenters. The molecular weight excluding hydrogens is 208 g/mol. The van der Waals surface area contributed by atoms with Crippen LogP contribution in [0.25, 0.3) is 10.8 Å². The maximum absolute atomic E-state index is 11.7. The molecule has 0 radical (unpaired) electrons. The van der Waals surface area contributed by atoms with Crippen LogP contribution in [0.2, 0.25) is 0 Å². The summed E-state index contributed by atoms with van der Waals surface area (Å²) in [6, 6.07) is 10.5. The normalized spacial score (nSPS) is 10.8. The van der Waals surface area contributed by atoms with Gasteiger partial charge in [-0.05, 0) is 47.7 Å². The van der Waals surface area contributed by atoms with Crippen LogP contribution in [0.4, 0.5) is 0 Å². The van der Waals surface area contributed by atoms with E-state index in [2.05, 4.69) is 38.1 Å². The lowest BCUT2D eigenvalue weighted by molar-refractivity contribution is 0.101. The first kappa shape index (κ1) is 11.8. The average Bonchev–Trinajstić information content (AvgIpc) is 2.36.